The maximum absolute atomic E-state index is 4.63. The van der Waals surface area contributed by atoms with E-state index in [0.717, 1.165) is 18.5 Å². The lowest BCUT2D eigenvalue weighted by Crippen LogP contribution is -2.09. The highest BCUT2D eigenvalue weighted by molar-refractivity contribution is 5.00. The molecule has 1 aromatic rings. The molecule has 0 aliphatic heterocycles. The molecule has 1 heterocycles. The van der Waals surface area contributed by atoms with E-state index >= 15 is 0 Å². The number of likely N-dealkylation sites (N-methyl/N-ethyl adjacent to an activating group) is 1. The van der Waals surface area contributed by atoms with Gasteiger partial charge in [0.15, 0.2) is 0 Å². The third kappa shape index (κ3) is 1.85. The Morgan fingerprint density at radius 1 is 1.78 bits per heavy atom. The predicted octanol–water partition coefficient (Wildman–Crippen LogP) is 0.437. The summed E-state index contributed by atoms with van der Waals surface area (Å²) in [4.78, 5) is 0. The summed E-state index contributed by atoms with van der Waals surface area (Å²) in [5.74, 6) is 0. The van der Waals surface area contributed by atoms with Gasteiger partial charge in [0.25, 0.3) is 0 Å². The Hall–Kier alpha value is -0.830. The Morgan fingerprint density at radius 3 is 3.22 bits per heavy atom. The van der Waals surface area contributed by atoms with E-state index in [0.29, 0.717) is 0 Å². The van der Waals surface area contributed by atoms with Gasteiger partial charge in [0.05, 0.1) is 6.20 Å². The number of hydrogen-bond donors (Lipinski definition) is 1. The van der Waals surface area contributed by atoms with E-state index in [1.54, 1.807) is 12.5 Å². The summed E-state index contributed by atoms with van der Waals surface area (Å²) in [5, 5.41) is 6.61. The largest absolute Gasteiger partial charge is 0.364 e. The summed E-state index contributed by atoms with van der Waals surface area (Å²) < 4.78 is 4.63. The molecule has 0 fully saturated rings. The van der Waals surface area contributed by atoms with Crippen LogP contribution in [0.5, 0.6) is 0 Å². The number of nitrogens with zero attached hydrogens (tertiary/aromatic N) is 1. The van der Waals surface area contributed by atoms with E-state index in [4.69, 9.17) is 0 Å². The minimum absolute atomic E-state index is 0.973. The first-order valence-corrected chi connectivity index (χ1v) is 2.96. The first-order chi connectivity index (χ1) is 4.43. The minimum atomic E-state index is 0.973. The van der Waals surface area contributed by atoms with Crippen LogP contribution in [0, 0.1) is 0 Å². The van der Waals surface area contributed by atoms with Crippen LogP contribution in [0.3, 0.4) is 0 Å². The molecule has 0 saturated carbocycles. The standard InChI is InChI=1S/C6H10N2O/c1-7-3-2-6-4-8-9-5-6/h4-5,7H,2-3H2,1H3. The molecule has 0 atom stereocenters. The Balaban J connectivity index is 2.30. The molecule has 0 aliphatic rings. The zero-order valence-corrected chi connectivity index (χ0v) is 5.42. The van der Waals surface area contributed by atoms with Crippen LogP contribution < -0.4 is 5.32 Å². The van der Waals surface area contributed by atoms with E-state index in [-0.39, 0.29) is 0 Å². The molecule has 0 spiro atoms. The molecule has 1 N–H and O–H groups in total. The van der Waals surface area contributed by atoms with E-state index < -0.39 is 0 Å². The third-order valence-electron chi connectivity index (χ3n) is 1.15. The van der Waals surface area contributed by atoms with Gasteiger partial charge in [-0.05, 0) is 20.0 Å². The fourth-order valence-electron chi connectivity index (χ4n) is 0.619. The van der Waals surface area contributed by atoms with Crippen LogP contribution in [0.1, 0.15) is 5.56 Å². The van der Waals surface area contributed by atoms with Crippen LogP contribution in [-0.4, -0.2) is 18.7 Å². The second-order valence-electron chi connectivity index (χ2n) is 1.89. The van der Waals surface area contributed by atoms with E-state index in [2.05, 4.69) is 15.0 Å². The van der Waals surface area contributed by atoms with Crippen molar-refractivity contribution < 1.29 is 4.52 Å². The van der Waals surface area contributed by atoms with Crippen molar-refractivity contribution in [1.82, 2.24) is 10.5 Å². The summed E-state index contributed by atoms with van der Waals surface area (Å²) in [7, 11) is 1.92. The van der Waals surface area contributed by atoms with Crippen LogP contribution in [0.25, 0.3) is 0 Å². The molecule has 3 heteroatoms. The topological polar surface area (TPSA) is 38.1 Å². The zero-order valence-electron chi connectivity index (χ0n) is 5.42. The second kappa shape index (κ2) is 3.25. The van der Waals surface area contributed by atoms with Crippen LogP contribution in [0.15, 0.2) is 17.0 Å². The van der Waals surface area contributed by atoms with Gasteiger partial charge < -0.3 is 9.84 Å². The molecule has 1 rings (SSSR count). The van der Waals surface area contributed by atoms with Gasteiger partial charge in [-0.3, -0.25) is 0 Å². The van der Waals surface area contributed by atoms with E-state index in [9.17, 15) is 0 Å². The average Bonchev–Trinajstić information content (AvgIpc) is 2.34. The summed E-state index contributed by atoms with van der Waals surface area (Å²) >= 11 is 0. The lowest BCUT2D eigenvalue weighted by atomic mass is 10.3. The Morgan fingerprint density at radius 2 is 2.67 bits per heavy atom. The van der Waals surface area contributed by atoms with Gasteiger partial charge in [0.1, 0.15) is 6.26 Å². The fraction of sp³-hybridized carbons (Fsp3) is 0.500. The molecular formula is C6H10N2O. The summed E-state index contributed by atoms with van der Waals surface area (Å²) in [6.45, 7) is 0.973. The molecule has 0 unspecified atom stereocenters. The lowest BCUT2D eigenvalue weighted by molar-refractivity contribution is 0.419. The van der Waals surface area contributed by atoms with Gasteiger partial charge in [-0.1, -0.05) is 5.16 Å². The number of hydrogen-bond acceptors (Lipinski definition) is 3. The SMILES string of the molecule is CNCCc1cnoc1. The monoisotopic (exact) mass is 126 g/mol. The summed E-state index contributed by atoms with van der Waals surface area (Å²) in [6.07, 6.45) is 4.38. The van der Waals surface area contributed by atoms with Gasteiger partial charge >= 0.3 is 0 Å². The minimum Gasteiger partial charge on any atom is -0.364 e. The first-order valence-electron chi connectivity index (χ1n) is 2.96. The van der Waals surface area contributed by atoms with Crippen molar-refractivity contribution in [1.29, 1.82) is 0 Å². The molecule has 0 saturated heterocycles. The fourth-order valence-corrected chi connectivity index (χ4v) is 0.619. The normalized spacial score (nSPS) is 9.89. The highest BCUT2D eigenvalue weighted by Crippen LogP contribution is 1.95. The molecular weight excluding hydrogens is 116 g/mol. The van der Waals surface area contributed by atoms with E-state index in [1.165, 1.54) is 0 Å². The van der Waals surface area contributed by atoms with Gasteiger partial charge in [-0.25, -0.2) is 0 Å². The van der Waals surface area contributed by atoms with Crippen LogP contribution in [-0.2, 0) is 6.42 Å². The smallest absolute Gasteiger partial charge is 0.127 e. The van der Waals surface area contributed by atoms with Crippen LogP contribution >= 0.6 is 0 Å². The summed E-state index contributed by atoms with van der Waals surface area (Å²) in [5.41, 5.74) is 1.14. The summed E-state index contributed by atoms with van der Waals surface area (Å²) in [6, 6.07) is 0. The highest BCUT2D eigenvalue weighted by Gasteiger charge is 1.91. The molecule has 0 amide bonds. The van der Waals surface area contributed by atoms with Gasteiger partial charge in [-0.15, -0.1) is 0 Å². The van der Waals surface area contributed by atoms with Gasteiger partial charge in [0.2, 0.25) is 0 Å². The number of nitrogens with one attached hydrogen (secondary N) is 1. The first kappa shape index (κ1) is 6.29. The van der Waals surface area contributed by atoms with Crippen molar-refractivity contribution in [3.63, 3.8) is 0 Å². The Labute approximate surface area is 54.0 Å². The molecule has 0 radical (unpaired) electrons. The van der Waals surface area contributed by atoms with E-state index in [1.807, 2.05) is 7.05 Å². The molecule has 9 heavy (non-hydrogen) atoms. The average molecular weight is 126 g/mol. The van der Waals surface area contributed by atoms with Crippen molar-refractivity contribution in [2.24, 2.45) is 0 Å². The molecule has 0 aliphatic carbocycles. The molecule has 0 aromatic carbocycles. The molecule has 3 nitrogen and oxygen atoms in total. The van der Waals surface area contributed by atoms with Crippen LogP contribution in [0.4, 0.5) is 0 Å². The maximum atomic E-state index is 4.63. The van der Waals surface area contributed by atoms with Gasteiger partial charge in [-0.2, -0.15) is 0 Å². The second-order valence-corrected chi connectivity index (χ2v) is 1.89. The van der Waals surface area contributed by atoms with Crippen molar-refractivity contribution in [2.45, 2.75) is 6.42 Å². The number of aromatic nitrogens is 1. The molecule has 1 aromatic heterocycles. The van der Waals surface area contributed by atoms with Crippen molar-refractivity contribution >= 4 is 0 Å². The zero-order chi connectivity index (χ0) is 6.53. The van der Waals surface area contributed by atoms with Crippen molar-refractivity contribution in [2.75, 3.05) is 13.6 Å². The van der Waals surface area contributed by atoms with Crippen molar-refractivity contribution in [3.8, 4) is 0 Å². The quantitative estimate of drug-likeness (QED) is 0.638. The Bertz CT molecular complexity index is 148. The van der Waals surface area contributed by atoms with Crippen LogP contribution in [0.2, 0.25) is 0 Å². The molecule has 50 valence electrons. The predicted molar refractivity (Wildman–Crippen MR) is 34.1 cm³/mol. The maximum Gasteiger partial charge on any atom is 0.127 e. The highest BCUT2D eigenvalue weighted by atomic mass is 16.5. The Kier molecular flexibility index (Phi) is 2.27. The molecule has 0 bridgehead atoms. The number of rotatable bonds is 3. The van der Waals surface area contributed by atoms with Crippen molar-refractivity contribution in [3.05, 3.63) is 18.0 Å². The van der Waals surface area contributed by atoms with Gasteiger partial charge in [0, 0.05) is 5.56 Å². The lowest BCUT2D eigenvalue weighted by Gasteiger charge is -1.91. The third-order valence-corrected chi connectivity index (χ3v) is 1.15.